The Labute approximate surface area is 120 Å². The second-order valence-electron chi connectivity index (χ2n) is 3.95. The van der Waals surface area contributed by atoms with Gasteiger partial charge in [0.1, 0.15) is 5.69 Å². The summed E-state index contributed by atoms with van der Waals surface area (Å²) in [6, 6.07) is 2.87. The van der Waals surface area contributed by atoms with E-state index >= 15 is 0 Å². The van der Waals surface area contributed by atoms with Crippen LogP contribution in [0.2, 0.25) is 0 Å². The van der Waals surface area contributed by atoms with E-state index in [9.17, 15) is 22.8 Å². The van der Waals surface area contributed by atoms with Crippen molar-refractivity contribution in [2.45, 2.75) is 12.7 Å². The van der Waals surface area contributed by atoms with Crippen LogP contribution in [0.15, 0.2) is 28.4 Å². The van der Waals surface area contributed by atoms with Gasteiger partial charge >= 0.3 is 6.18 Å². The van der Waals surface area contributed by atoms with E-state index in [1.807, 2.05) is 5.43 Å². The number of hydrazine groups is 1. The topological polar surface area (TPSA) is 90.0 Å². The zero-order valence-corrected chi connectivity index (χ0v) is 11.2. The molecule has 0 saturated heterocycles. The molecule has 6 nitrogen and oxygen atoms in total. The van der Waals surface area contributed by atoms with Crippen LogP contribution in [0, 0.1) is 0 Å². The van der Waals surface area contributed by atoms with Crippen molar-refractivity contribution >= 4 is 17.2 Å². The molecule has 112 valence electrons. The number of nitrogen functional groups attached to an aromatic ring is 1. The summed E-state index contributed by atoms with van der Waals surface area (Å²) in [7, 11) is 0. The summed E-state index contributed by atoms with van der Waals surface area (Å²) in [5.74, 6) is 4.28. The first-order valence-electron chi connectivity index (χ1n) is 5.55. The number of carbonyl (C=O) groups is 1. The summed E-state index contributed by atoms with van der Waals surface area (Å²) in [5.41, 5.74) is 0.151. The Morgan fingerprint density at radius 3 is 2.76 bits per heavy atom. The van der Waals surface area contributed by atoms with Crippen LogP contribution in [-0.4, -0.2) is 15.5 Å². The maximum Gasteiger partial charge on any atom is 0.431 e. The summed E-state index contributed by atoms with van der Waals surface area (Å²) < 4.78 is 39.1. The molecule has 0 saturated carbocycles. The molecule has 0 atom stereocenters. The first kappa shape index (κ1) is 15.2. The lowest BCUT2D eigenvalue weighted by atomic mass is 10.3. The molecule has 0 spiro atoms. The largest absolute Gasteiger partial charge is 0.431 e. The Morgan fingerprint density at radius 1 is 1.43 bits per heavy atom. The van der Waals surface area contributed by atoms with E-state index < -0.39 is 23.3 Å². The first-order chi connectivity index (χ1) is 9.82. The van der Waals surface area contributed by atoms with Crippen molar-refractivity contribution in [2.75, 3.05) is 0 Å². The van der Waals surface area contributed by atoms with Gasteiger partial charge in [0.15, 0.2) is 5.01 Å². The van der Waals surface area contributed by atoms with Gasteiger partial charge in [-0.3, -0.25) is 19.6 Å². The molecule has 0 unspecified atom stereocenters. The number of rotatable bonds is 3. The quantitative estimate of drug-likeness (QED) is 0.501. The van der Waals surface area contributed by atoms with Gasteiger partial charge in [0.25, 0.3) is 11.5 Å². The average Bonchev–Trinajstić information content (AvgIpc) is 2.87. The van der Waals surface area contributed by atoms with Crippen molar-refractivity contribution in [3.8, 4) is 0 Å². The normalized spacial score (nSPS) is 11.4. The minimum atomic E-state index is -4.66. The highest BCUT2D eigenvalue weighted by Crippen LogP contribution is 2.28. The van der Waals surface area contributed by atoms with Crippen molar-refractivity contribution < 1.29 is 18.0 Å². The van der Waals surface area contributed by atoms with E-state index in [2.05, 4.69) is 4.98 Å². The van der Waals surface area contributed by atoms with Crippen molar-refractivity contribution in [2.24, 2.45) is 5.84 Å². The lowest BCUT2D eigenvalue weighted by Gasteiger charge is -2.13. The van der Waals surface area contributed by atoms with Crippen LogP contribution in [0.3, 0.4) is 0 Å². The number of carbonyl (C=O) groups excluding carboxylic acids is 1. The van der Waals surface area contributed by atoms with Gasteiger partial charge in [-0.15, -0.1) is 11.3 Å². The standard InChI is InChI=1S/C11H9F3N4O2S/c12-11(13,14)7-2-1-3-8(19)18(7)4-6-5-21-10(16-6)9(20)17-15/h1-3,5H,4,15H2,(H,17,20). The maximum absolute atomic E-state index is 12.9. The van der Waals surface area contributed by atoms with Crippen LogP contribution in [-0.2, 0) is 12.7 Å². The number of thiazole rings is 1. The molecule has 0 aliphatic rings. The summed E-state index contributed by atoms with van der Waals surface area (Å²) in [5, 5.41) is 1.40. The lowest BCUT2D eigenvalue weighted by molar-refractivity contribution is -0.144. The predicted molar refractivity (Wildman–Crippen MR) is 68.6 cm³/mol. The molecular formula is C11H9F3N4O2S. The summed E-state index contributed by atoms with van der Waals surface area (Å²) in [6.45, 7) is -0.386. The lowest BCUT2D eigenvalue weighted by Crippen LogP contribution is -2.30. The molecule has 3 N–H and O–H groups in total. The molecule has 2 aromatic rings. The third kappa shape index (κ3) is 3.28. The van der Waals surface area contributed by atoms with Crippen LogP contribution in [0.25, 0.3) is 0 Å². The van der Waals surface area contributed by atoms with Crippen LogP contribution in [0.4, 0.5) is 13.2 Å². The van der Waals surface area contributed by atoms with Crippen molar-refractivity contribution in [1.82, 2.24) is 15.0 Å². The fraction of sp³-hybridized carbons (Fsp3) is 0.182. The van der Waals surface area contributed by atoms with E-state index in [-0.39, 0.29) is 17.2 Å². The Hall–Kier alpha value is -2.20. The van der Waals surface area contributed by atoms with Gasteiger partial charge in [0, 0.05) is 11.4 Å². The molecule has 0 aromatic carbocycles. The fourth-order valence-electron chi connectivity index (χ4n) is 1.64. The molecule has 0 radical (unpaired) electrons. The molecule has 0 aliphatic carbocycles. The van der Waals surface area contributed by atoms with E-state index in [1.54, 1.807) is 0 Å². The zero-order valence-electron chi connectivity index (χ0n) is 10.3. The molecule has 2 aromatic heterocycles. The Balaban J connectivity index is 2.38. The van der Waals surface area contributed by atoms with Gasteiger partial charge in [-0.05, 0) is 6.07 Å². The van der Waals surface area contributed by atoms with E-state index in [1.165, 1.54) is 5.38 Å². The minimum Gasteiger partial charge on any atom is -0.298 e. The highest BCUT2D eigenvalue weighted by molar-refractivity contribution is 7.11. The van der Waals surface area contributed by atoms with Gasteiger partial charge in [-0.2, -0.15) is 13.2 Å². The van der Waals surface area contributed by atoms with Gasteiger partial charge in [0.2, 0.25) is 0 Å². The number of hydrogen-bond donors (Lipinski definition) is 2. The molecule has 2 heterocycles. The summed E-state index contributed by atoms with van der Waals surface area (Å²) in [4.78, 5) is 26.7. The number of amides is 1. The third-order valence-corrected chi connectivity index (χ3v) is 3.43. The number of nitrogens with one attached hydrogen (secondary N) is 1. The van der Waals surface area contributed by atoms with Crippen LogP contribution in [0.1, 0.15) is 21.2 Å². The maximum atomic E-state index is 12.9. The zero-order chi connectivity index (χ0) is 15.6. The van der Waals surface area contributed by atoms with Crippen LogP contribution in [0.5, 0.6) is 0 Å². The highest BCUT2D eigenvalue weighted by atomic mass is 32.1. The summed E-state index contributed by atoms with van der Waals surface area (Å²) in [6.07, 6.45) is -4.66. The molecule has 21 heavy (non-hydrogen) atoms. The van der Waals surface area contributed by atoms with E-state index in [4.69, 9.17) is 5.84 Å². The number of hydrogen-bond acceptors (Lipinski definition) is 5. The predicted octanol–water partition coefficient (Wildman–Crippen LogP) is 0.975. The smallest absolute Gasteiger partial charge is 0.298 e. The molecule has 1 amide bonds. The third-order valence-electron chi connectivity index (χ3n) is 2.54. The first-order valence-corrected chi connectivity index (χ1v) is 6.43. The van der Waals surface area contributed by atoms with Crippen molar-refractivity contribution in [3.63, 3.8) is 0 Å². The summed E-state index contributed by atoms with van der Waals surface area (Å²) >= 11 is 0.921. The number of halogens is 3. The van der Waals surface area contributed by atoms with E-state index in [0.717, 1.165) is 29.5 Å². The second kappa shape index (κ2) is 5.66. The SMILES string of the molecule is NNC(=O)c1nc(Cn2c(C(F)(F)F)cccc2=O)cs1. The number of alkyl halides is 3. The molecule has 10 heteroatoms. The number of pyridine rings is 1. The Morgan fingerprint density at radius 2 is 2.14 bits per heavy atom. The Bertz CT molecular complexity index is 723. The van der Waals surface area contributed by atoms with Gasteiger partial charge in [-0.25, -0.2) is 10.8 Å². The molecule has 2 rings (SSSR count). The average molecular weight is 318 g/mol. The van der Waals surface area contributed by atoms with Gasteiger partial charge in [-0.1, -0.05) is 6.07 Å². The van der Waals surface area contributed by atoms with E-state index in [0.29, 0.717) is 4.57 Å². The molecule has 0 aliphatic heterocycles. The monoisotopic (exact) mass is 318 g/mol. The van der Waals surface area contributed by atoms with Crippen molar-refractivity contribution in [3.05, 3.63) is 50.3 Å². The minimum absolute atomic E-state index is 0.00467. The van der Waals surface area contributed by atoms with Crippen LogP contribution >= 0.6 is 11.3 Å². The highest BCUT2D eigenvalue weighted by Gasteiger charge is 2.34. The number of aromatic nitrogens is 2. The van der Waals surface area contributed by atoms with Gasteiger partial charge < -0.3 is 0 Å². The number of nitrogens with two attached hydrogens (primary N) is 1. The molecule has 0 fully saturated rings. The van der Waals surface area contributed by atoms with Gasteiger partial charge in [0.05, 0.1) is 12.2 Å². The Kier molecular flexibility index (Phi) is 4.09. The molecular weight excluding hydrogens is 309 g/mol. The van der Waals surface area contributed by atoms with Crippen molar-refractivity contribution in [1.29, 1.82) is 0 Å². The van der Waals surface area contributed by atoms with Crippen LogP contribution < -0.4 is 16.8 Å². The molecule has 0 bridgehead atoms. The second-order valence-corrected chi connectivity index (χ2v) is 4.81. The number of nitrogens with zero attached hydrogens (tertiary/aromatic N) is 2. The fourth-order valence-corrected chi connectivity index (χ4v) is 2.35.